The molecule has 19 heavy (non-hydrogen) atoms. The average molecular weight is 342 g/mol. The summed E-state index contributed by atoms with van der Waals surface area (Å²) in [6.45, 7) is 0. The van der Waals surface area contributed by atoms with Crippen LogP contribution in [-0.4, -0.2) is 5.11 Å². The van der Waals surface area contributed by atoms with E-state index < -0.39 is 5.60 Å². The van der Waals surface area contributed by atoms with Crippen LogP contribution in [0.2, 0.25) is 5.02 Å². The molecule has 0 amide bonds. The summed E-state index contributed by atoms with van der Waals surface area (Å²) < 4.78 is 6.38. The molecule has 1 unspecified atom stereocenters. The van der Waals surface area contributed by atoms with Crippen LogP contribution >= 0.6 is 27.5 Å². The first-order valence-corrected chi connectivity index (χ1v) is 7.49. The summed E-state index contributed by atoms with van der Waals surface area (Å²) in [7, 11) is 0. The third-order valence-electron chi connectivity index (χ3n) is 3.74. The summed E-state index contributed by atoms with van der Waals surface area (Å²) in [6, 6.07) is 7.64. The lowest BCUT2D eigenvalue weighted by atomic mass is 9.79. The van der Waals surface area contributed by atoms with E-state index >= 15 is 0 Å². The van der Waals surface area contributed by atoms with Gasteiger partial charge in [0, 0.05) is 27.9 Å². The molecule has 1 aliphatic rings. The molecule has 4 heteroatoms. The van der Waals surface area contributed by atoms with Crippen LogP contribution in [0.25, 0.3) is 0 Å². The number of fused-ring (bicyclic) bond motifs is 1. The van der Waals surface area contributed by atoms with Crippen LogP contribution in [0.15, 0.2) is 39.4 Å². The van der Waals surface area contributed by atoms with Gasteiger partial charge in [-0.2, -0.15) is 0 Å². The Morgan fingerprint density at radius 3 is 3.00 bits per heavy atom. The van der Waals surface area contributed by atoms with Crippen LogP contribution < -0.4 is 0 Å². The standard InChI is InChI=1S/C15H14BrClO2/c16-11-4-3-10(13(17)8-11)9-15(18)6-1-2-14-12(15)5-7-19-14/h3-5,7-8,18H,1-2,6,9H2. The largest absolute Gasteiger partial charge is 0.469 e. The van der Waals surface area contributed by atoms with Gasteiger partial charge >= 0.3 is 0 Å². The van der Waals surface area contributed by atoms with E-state index in [9.17, 15) is 5.11 Å². The molecule has 0 spiro atoms. The van der Waals surface area contributed by atoms with Gasteiger partial charge in [0.2, 0.25) is 0 Å². The van der Waals surface area contributed by atoms with E-state index in [1.807, 2.05) is 24.3 Å². The number of halogens is 2. The highest BCUT2D eigenvalue weighted by atomic mass is 79.9. The molecule has 100 valence electrons. The molecule has 2 aromatic rings. The summed E-state index contributed by atoms with van der Waals surface area (Å²) in [5, 5.41) is 11.6. The van der Waals surface area contributed by atoms with Gasteiger partial charge in [-0.05, 0) is 36.6 Å². The minimum Gasteiger partial charge on any atom is -0.469 e. The van der Waals surface area contributed by atoms with Gasteiger partial charge in [0.15, 0.2) is 0 Å². The zero-order chi connectivity index (χ0) is 13.5. The number of hydrogen-bond donors (Lipinski definition) is 1. The minimum atomic E-state index is -0.863. The molecule has 2 nitrogen and oxygen atoms in total. The normalized spacial score (nSPS) is 22.3. The molecule has 1 aliphatic carbocycles. The molecular formula is C15H14BrClO2. The highest BCUT2D eigenvalue weighted by Crippen LogP contribution is 2.39. The Morgan fingerprint density at radius 1 is 1.37 bits per heavy atom. The lowest BCUT2D eigenvalue weighted by Crippen LogP contribution is -2.32. The average Bonchev–Trinajstić information content (AvgIpc) is 2.83. The van der Waals surface area contributed by atoms with Gasteiger partial charge in [0.05, 0.1) is 11.9 Å². The summed E-state index contributed by atoms with van der Waals surface area (Å²) in [5.41, 5.74) is 1.01. The van der Waals surface area contributed by atoms with E-state index in [2.05, 4.69) is 15.9 Å². The van der Waals surface area contributed by atoms with E-state index in [-0.39, 0.29) is 0 Å². The zero-order valence-electron chi connectivity index (χ0n) is 10.3. The van der Waals surface area contributed by atoms with Crippen LogP contribution in [-0.2, 0) is 18.4 Å². The van der Waals surface area contributed by atoms with Crippen molar-refractivity contribution in [2.75, 3.05) is 0 Å². The van der Waals surface area contributed by atoms with Gasteiger partial charge in [0.25, 0.3) is 0 Å². The predicted octanol–water partition coefficient (Wildman–Crippen LogP) is 4.46. The van der Waals surface area contributed by atoms with E-state index in [0.717, 1.165) is 40.6 Å². The Kier molecular flexibility index (Phi) is 3.46. The predicted molar refractivity (Wildman–Crippen MR) is 78.4 cm³/mol. The third kappa shape index (κ3) is 2.47. The van der Waals surface area contributed by atoms with Gasteiger partial charge in [0.1, 0.15) is 5.76 Å². The molecule has 0 saturated carbocycles. The number of aliphatic hydroxyl groups is 1. The van der Waals surface area contributed by atoms with Crippen molar-refractivity contribution in [1.82, 2.24) is 0 Å². The smallest absolute Gasteiger partial charge is 0.109 e. The van der Waals surface area contributed by atoms with Crippen LogP contribution in [0.5, 0.6) is 0 Å². The Balaban J connectivity index is 1.95. The van der Waals surface area contributed by atoms with Crippen molar-refractivity contribution in [3.05, 3.63) is 56.9 Å². The molecule has 1 aromatic heterocycles. The molecular weight excluding hydrogens is 328 g/mol. The Morgan fingerprint density at radius 2 is 2.21 bits per heavy atom. The molecule has 1 atom stereocenters. The number of hydrogen-bond acceptors (Lipinski definition) is 2. The van der Waals surface area contributed by atoms with E-state index in [4.69, 9.17) is 16.0 Å². The van der Waals surface area contributed by atoms with Crippen molar-refractivity contribution in [3.63, 3.8) is 0 Å². The maximum absolute atomic E-state index is 10.9. The fourth-order valence-electron chi connectivity index (χ4n) is 2.79. The molecule has 1 heterocycles. The van der Waals surface area contributed by atoms with Gasteiger partial charge < -0.3 is 9.52 Å². The van der Waals surface area contributed by atoms with Crippen LogP contribution in [0, 0.1) is 0 Å². The molecule has 0 aliphatic heterocycles. The molecule has 0 radical (unpaired) electrons. The second-order valence-electron chi connectivity index (χ2n) is 5.06. The lowest BCUT2D eigenvalue weighted by Gasteiger charge is -2.32. The summed E-state index contributed by atoms with van der Waals surface area (Å²) in [4.78, 5) is 0. The fraction of sp³-hybridized carbons (Fsp3) is 0.333. The minimum absolute atomic E-state index is 0.519. The SMILES string of the molecule is OC1(Cc2ccc(Br)cc2Cl)CCCc2occc21. The van der Waals surface area contributed by atoms with Crippen LogP contribution in [0.4, 0.5) is 0 Å². The Bertz CT molecular complexity index is 608. The van der Waals surface area contributed by atoms with Crippen molar-refractivity contribution in [2.45, 2.75) is 31.3 Å². The van der Waals surface area contributed by atoms with Crippen LogP contribution in [0.3, 0.4) is 0 Å². The second kappa shape index (κ2) is 4.97. The molecule has 1 aromatic carbocycles. The van der Waals surface area contributed by atoms with Crippen molar-refractivity contribution >= 4 is 27.5 Å². The first-order valence-electron chi connectivity index (χ1n) is 6.32. The zero-order valence-corrected chi connectivity index (χ0v) is 12.7. The van der Waals surface area contributed by atoms with Crippen molar-refractivity contribution in [3.8, 4) is 0 Å². The maximum Gasteiger partial charge on any atom is 0.109 e. The second-order valence-corrected chi connectivity index (χ2v) is 6.38. The number of aryl methyl sites for hydroxylation is 1. The quantitative estimate of drug-likeness (QED) is 0.874. The van der Waals surface area contributed by atoms with Crippen molar-refractivity contribution in [1.29, 1.82) is 0 Å². The van der Waals surface area contributed by atoms with E-state index in [1.165, 1.54) is 0 Å². The highest BCUT2D eigenvalue weighted by molar-refractivity contribution is 9.10. The van der Waals surface area contributed by atoms with Gasteiger partial charge in [-0.25, -0.2) is 0 Å². The highest BCUT2D eigenvalue weighted by Gasteiger charge is 2.36. The van der Waals surface area contributed by atoms with Crippen molar-refractivity contribution in [2.24, 2.45) is 0 Å². The maximum atomic E-state index is 10.9. The van der Waals surface area contributed by atoms with Crippen LogP contribution in [0.1, 0.15) is 29.7 Å². The molecule has 0 fully saturated rings. The number of benzene rings is 1. The lowest BCUT2D eigenvalue weighted by molar-refractivity contribution is 0.0169. The number of rotatable bonds is 2. The first-order chi connectivity index (χ1) is 9.08. The molecule has 1 N–H and O–H groups in total. The molecule has 0 saturated heterocycles. The van der Waals surface area contributed by atoms with Gasteiger partial charge in [-0.1, -0.05) is 33.6 Å². The van der Waals surface area contributed by atoms with Gasteiger partial charge in [-0.3, -0.25) is 0 Å². The Hall–Kier alpha value is -0.770. The van der Waals surface area contributed by atoms with E-state index in [0.29, 0.717) is 11.4 Å². The van der Waals surface area contributed by atoms with E-state index in [1.54, 1.807) is 6.26 Å². The number of furan rings is 1. The van der Waals surface area contributed by atoms with Gasteiger partial charge in [-0.15, -0.1) is 0 Å². The summed E-state index contributed by atoms with van der Waals surface area (Å²) >= 11 is 9.64. The topological polar surface area (TPSA) is 33.4 Å². The third-order valence-corrected chi connectivity index (χ3v) is 4.58. The summed E-state index contributed by atoms with van der Waals surface area (Å²) in [5.74, 6) is 0.905. The fourth-order valence-corrected chi connectivity index (χ4v) is 3.53. The van der Waals surface area contributed by atoms with Crippen molar-refractivity contribution < 1.29 is 9.52 Å². The Labute approximate surface area is 125 Å². The monoisotopic (exact) mass is 340 g/mol. The molecule has 0 bridgehead atoms. The summed E-state index contributed by atoms with van der Waals surface area (Å²) in [6.07, 6.45) is 4.76. The first kappa shape index (κ1) is 13.2. The molecule has 3 rings (SSSR count).